The number of hydrogen-bond donors (Lipinski definition) is 0. The van der Waals surface area contributed by atoms with E-state index < -0.39 is 5.79 Å². The first kappa shape index (κ1) is 13.3. The summed E-state index contributed by atoms with van der Waals surface area (Å²) in [4.78, 5) is 10.7. The van der Waals surface area contributed by atoms with Crippen molar-refractivity contribution in [2.45, 2.75) is 32.3 Å². The molecule has 0 N–H and O–H groups in total. The molecule has 0 bridgehead atoms. The molecule has 1 unspecified atom stereocenters. The van der Waals surface area contributed by atoms with Gasteiger partial charge < -0.3 is 18.9 Å². The Labute approximate surface area is 118 Å². The van der Waals surface area contributed by atoms with E-state index in [4.69, 9.17) is 9.47 Å². The van der Waals surface area contributed by atoms with Gasteiger partial charge in [-0.25, -0.2) is 9.97 Å². The summed E-state index contributed by atoms with van der Waals surface area (Å²) in [6, 6.07) is 2.05. The van der Waals surface area contributed by atoms with Gasteiger partial charge in [0.05, 0.1) is 18.5 Å². The van der Waals surface area contributed by atoms with Crippen LogP contribution < -0.4 is 4.90 Å². The smallest absolute Gasteiger partial charge is 0.163 e. The zero-order valence-electron chi connectivity index (χ0n) is 12.3. The molecule has 20 heavy (non-hydrogen) atoms. The van der Waals surface area contributed by atoms with Crippen LogP contribution in [-0.2, 0) is 16.0 Å². The fraction of sp³-hybridized carbons (Fsp3) is 0.571. The molecule has 0 saturated carbocycles. The topological polar surface area (TPSA) is 52.4 Å². The molecule has 2 aromatic rings. The fourth-order valence-corrected chi connectivity index (χ4v) is 2.57. The van der Waals surface area contributed by atoms with E-state index in [1.165, 1.54) is 0 Å². The lowest BCUT2D eigenvalue weighted by Gasteiger charge is -2.17. The Hall–Kier alpha value is -1.66. The first-order valence-electron chi connectivity index (χ1n) is 6.75. The molecule has 3 rings (SSSR count). The van der Waals surface area contributed by atoms with E-state index in [1.807, 2.05) is 45.1 Å². The van der Waals surface area contributed by atoms with Gasteiger partial charge in [-0.05, 0) is 19.9 Å². The van der Waals surface area contributed by atoms with Crippen molar-refractivity contribution in [3.63, 3.8) is 0 Å². The van der Waals surface area contributed by atoms with E-state index in [0.29, 0.717) is 6.61 Å². The maximum atomic E-state index is 5.85. The minimum absolute atomic E-state index is 0.0540. The summed E-state index contributed by atoms with van der Waals surface area (Å²) < 4.78 is 13.5. The average molecular weight is 276 g/mol. The van der Waals surface area contributed by atoms with E-state index >= 15 is 0 Å². The molecule has 108 valence electrons. The highest BCUT2D eigenvalue weighted by molar-refractivity contribution is 5.87. The number of ether oxygens (including phenoxy) is 2. The van der Waals surface area contributed by atoms with E-state index in [2.05, 4.69) is 14.5 Å². The van der Waals surface area contributed by atoms with Crippen molar-refractivity contribution in [1.29, 1.82) is 0 Å². The molecule has 0 amide bonds. The first-order valence-corrected chi connectivity index (χ1v) is 6.75. The van der Waals surface area contributed by atoms with Crippen LogP contribution in [0, 0.1) is 0 Å². The first-order chi connectivity index (χ1) is 9.46. The Morgan fingerprint density at radius 3 is 2.85 bits per heavy atom. The lowest BCUT2D eigenvalue weighted by atomic mass is 10.3. The molecular weight excluding hydrogens is 256 g/mol. The summed E-state index contributed by atoms with van der Waals surface area (Å²) in [5.74, 6) is 0.440. The average Bonchev–Trinajstić information content (AvgIpc) is 2.93. The number of nitrogens with zero attached hydrogens (tertiary/aromatic N) is 4. The van der Waals surface area contributed by atoms with Gasteiger partial charge in [0.15, 0.2) is 5.79 Å². The summed E-state index contributed by atoms with van der Waals surface area (Å²) in [5, 5.41) is 1.05. The third-order valence-corrected chi connectivity index (χ3v) is 3.43. The Kier molecular flexibility index (Phi) is 3.14. The van der Waals surface area contributed by atoms with Gasteiger partial charge in [0.1, 0.15) is 23.9 Å². The summed E-state index contributed by atoms with van der Waals surface area (Å²) in [6.45, 7) is 5.22. The summed E-state index contributed by atoms with van der Waals surface area (Å²) in [5.41, 5.74) is 0.928. The highest BCUT2D eigenvalue weighted by Gasteiger charge is 2.32. The molecule has 1 aliphatic rings. The number of fused-ring (bicyclic) bond motifs is 1. The lowest BCUT2D eigenvalue weighted by Crippen LogP contribution is -2.24. The number of rotatable bonds is 3. The molecule has 1 aliphatic heterocycles. The Balaban J connectivity index is 1.88. The van der Waals surface area contributed by atoms with Gasteiger partial charge in [-0.3, -0.25) is 0 Å². The van der Waals surface area contributed by atoms with Gasteiger partial charge in [-0.15, -0.1) is 0 Å². The van der Waals surface area contributed by atoms with Crippen molar-refractivity contribution in [3.8, 4) is 0 Å². The highest BCUT2D eigenvalue weighted by atomic mass is 16.7. The number of aromatic nitrogens is 3. The second-order valence-corrected chi connectivity index (χ2v) is 5.75. The molecule has 1 fully saturated rings. The number of anilines is 1. The molecule has 1 saturated heterocycles. The third-order valence-electron chi connectivity index (χ3n) is 3.43. The molecule has 6 heteroatoms. The SMILES string of the molecule is CN(C)c1ncnc2c1ccn2CC1COC(C)(C)O1. The second-order valence-electron chi connectivity index (χ2n) is 5.75. The maximum Gasteiger partial charge on any atom is 0.163 e. The molecule has 0 radical (unpaired) electrons. The Bertz CT molecular complexity index is 621. The largest absolute Gasteiger partial charge is 0.362 e. The van der Waals surface area contributed by atoms with Gasteiger partial charge in [-0.2, -0.15) is 0 Å². The van der Waals surface area contributed by atoms with Crippen LogP contribution in [0.3, 0.4) is 0 Å². The zero-order chi connectivity index (χ0) is 14.3. The normalized spacial score (nSPS) is 21.5. The van der Waals surface area contributed by atoms with Gasteiger partial charge in [-0.1, -0.05) is 0 Å². The lowest BCUT2D eigenvalue weighted by molar-refractivity contribution is -0.139. The fourth-order valence-electron chi connectivity index (χ4n) is 2.57. The van der Waals surface area contributed by atoms with Crippen molar-refractivity contribution in [3.05, 3.63) is 18.6 Å². The van der Waals surface area contributed by atoms with Crippen LogP contribution in [0.4, 0.5) is 5.82 Å². The van der Waals surface area contributed by atoms with Crippen LogP contribution >= 0.6 is 0 Å². The Morgan fingerprint density at radius 2 is 2.20 bits per heavy atom. The van der Waals surface area contributed by atoms with Crippen LogP contribution in [-0.4, -0.2) is 47.1 Å². The van der Waals surface area contributed by atoms with Gasteiger partial charge in [0.25, 0.3) is 0 Å². The number of hydrogen-bond acceptors (Lipinski definition) is 5. The van der Waals surface area contributed by atoms with Crippen LogP contribution in [0.15, 0.2) is 18.6 Å². The Morgan fingerprint density at radius 1 is 1.40 bits per heavy atom. The minimum Gasteiger partial charge on any atom is -0.362 e. The van der Waals surface area contributed by atoms with Crippen molar-refractivity contribution < 1.29 is 9.47 Å². The predicted octanol–water partition coefficient (Wildman–Crippen LogP) is 1.65. The summed E-state index contributed by atoms with van der Waals surface area (Å²) in [7, 11) is 3.96. The van der Waals surface area contributed by atoms with Gasteiger partial charge in [0, 0.05) is 20.3 Å². The van der Waals surface area contributed by atoms with E-state index in [-0.39, 0.29) is 6.10 Å². The van der Waals surface area contributed by atoms with E-state index in [9.17, 15) is 0 Å². The monoisotopic (exact) mass is 276 g/mol. The molecule has 0 aliphatic carbocycles. The standard InChI is InChI=1S/C14H20N4O2/c1-14(2)19-8-10(20-14)7-18-6-5-11-12(17(3)4)15-9-16-13(11)18/h5-6,9-10H,7-8H2,1-4H3. The summed E-state index contributed by atoms with van der Waals surface area (Å²) in [6.07, 6.45) is 3.68. The maximum absolute atomic E-state index is 5.85. The predicted molar refractivity (Wildman–Crippen MR) is 76.8 cm³/mol. The van der Waals surface area contributed by atoms with Gasteiger partial charge >= 0.3 is 0 Å². The van der Waals surface area contributed by atoms with Crippen molar-refractivity contribution >= 4 is 16.9 Å². The van der Waals surface area contributed by atoms with E-state index in [0.717, 1.165) is 23.4 Å². The third kappa shape index (κ3) is 2.36. The molecule has 0 aromatic carbocycles. The van der Waals surface area contributed by atoms with Crippen molar-refractivity contribution in [2.24, 2.45) is 0 Å². The molecular formula is C14H20N4O2. The second kappa shape index (κ2) is 4.71. The van der Waals surface area contributed by atoms with E-state index in [1.54, 1.807) is 6.33 Å². The molecule has 3 heterocycles. The molecule has 0 spiro atoms. The zero-order valence-corrected chi connectivity index (χ0v) is 12.3. The van der Waals surface area contributed by atoms with Crippen LogP contribution in [0.1, 0.15) is 13.8 Å². The van der Waals surface area contributed by atoms with Crippen molar-refractivity contribution in [2.75, 3.05) is 25.6 Å². The molecule has 1 atom stereocenters. The summed E-state index contributed by atoms with van der Waals surface area (Å²) >= 11 is 0. The van der Waals surface area contributed by atoms with Crippen LogP contribution in [0.25, 0.3) is 11.0 Å². The molecule has 6 nitrogen and oxygen atoms in total. The quantitative estimate of drug-likeness (QED) is 0.853. The highest BCUT2D eigenvalue weighted by Crippen LogP contribution is 2.26. The van der Waals surface area contributed by atoms with Crippen LogP contribution in [0.2, 0.25) is 0 Å². The van der Waals surface area contributed by atoms with Crippen LogP contribution in [0.5, 0.6) is 0 Å². The van der Waals surface area contributed by atoms with Crippen molar-refractivity contribution in [1.82, 2.24) is 14.5 Å². The molecule has 2 aromatic heterocycles. The van der Waals surface area contributed by atoms with Gasteiger partial charge in [0.2, 0.25) is 0 Å². The minimum atomic E-state index is -0.489.